The third-order valence-corrected chi connectivity index (χ3v) is 3.60. The van der Waals surface area contributed by atoms with Crippen molar-refractivity contribution in [3.05, 3.63) is 90.0 Å². The van der Waals surface area contributed by atoms with Crippen LogP contribution in [0, 0.1) is 13.8 Å². The Morgan fingerprint density at radius 2 is 0.857 bits per heavy atom. The molecule has 3 aromatic carbocycles. The minimum absolute atomic E-state index is 1.17. The van der Waals surface area contributed by atoms with Gasteiger partial charge in [0.25, 0.3) is 0 Å². The summed E-state index contributed by atoms with van der Waals surface area (Å²) in [7, 11) is 0. The van der Waals surface area contributed by atoms with Gasteiger partial charge in [-0.25, -0.2) is 0 Å². The van der Waals surface area contributed by atoms with Gasteiger partial charge in [0, 0.05) is 17.1 Å². The largest absolute Gasteiger partial charge is 0.311 e. The van der Waals surface area contributed by atoms with E-state index in [1.807, 2.05) is 6.07 Å². The standard InChI is InChI=1S/C20H19N/c1-16-8-12-19(13-9-16)21(18-6-4-3-5-7-18)20-14-10-17(2)11-15-20/h3-15H,1-2H3. The van der Waals surface area contributed by atoms with Gasteiger partial charge in [-0.2, -0.15) is 0 Å². The van der Waals surface area contributed by atoms with Crippen LogP contribution in [0.15, 0.2) is 78.9 Å². The Hall–Kier alpha value is -2.54. The van der Waals surface area contributed by atoms with Crippen LogP contribution in [0.2, 0.25) is 0 Å². The summed E-state index contributed by atoms with van der Waals surface area (Å²) in [5.41, 5.74) is 6.07. The average molecular weight is 273 g/mol. The predicted octanol–water partition coefficient (Wildman–Crippen LogP) is 5.77. The fourth-order valence-corrected chi connectivity index (χ4v) is 2.41. The summed E-state index contributed by atoms with van der Waals surface area (Å²) in [6, 6.07) is 27.8. The second kappa shape index (κ2) is 5.84. The number of benzene rings is 3. The summed E-state index contributed by atoms with van der Waals surface area (Å²) in [5, 5.41) is 0. The minimum atomic E-state index is 1.17. The molecule has 0 fully saturated rings. The highest BCUT2D eigenvalue weighted by Crippen LogP contribution is 2.34. The van der Waals surface area contributed by atoms with Gasteiger partial charge in [-0.3, -0.25) is 0 Å². The Bertz CT molecular complexity index is 652. The molecule has 1 heteroatoms. The molecule has 0 aromatic heterocycles. The number of nitrogens with zero attached hydrogens (tertiary/aromatic N) is 1. The molecule has 0 aliphatic rings. The van der Waals surface area contributed by atoms with E-state index in [1.165, 1.54) is 28.2 Å². The topological polar surface area (TPSA) is 3.24 Å². The summed E-state index contributed by atoms with van der Waals surface area (Å²) in [6.07, 6.45) is 0. The van der Waals surface area contributed by atoms with E-state index in [1.54, 1.807) is 0 Å². The normalized spacial score (nSPS) is 10.4. The fraction of sp³-hybridized carbons (Fsp3) is 0.100. The Morgan fingerprint density at radius 1 is 0.476 bits per heavy atom. The van der Waals surface area contributed by atoms with Crippen LogP contribution in [0.1, 0.15) is 11.1 Å². The third-order valence-electron chi connectivity index (χ3n) is 3.60. The van der Waals surface area contributed by atoms with Crippen molar-refractivity contribution >= 4 is 17.1 Å². The second-order valence-corrected chi connectivity index (χ2v) is 5.34. The first-order valence-corrected chi connectivity index (χ1v) is 7.22. The van der Waals surface area contributed by atoms with Crippen molar-refractivity contribution in [2.75, 3.05) is 4.90 Å². The van der Waals surface area contributed by atoms with Crippen LogP contribution in [-0.4, -0.2) is 0 Å². The third kappa shape index (κ3) is 2.97. The van der Waals surface area contributed by atoms with Gasteiger partial charge < -0.3 is 4.90 Å². The monoisotopic (exact) mass is 273 g/mol. The van der Waals surface area contributed by atoms with Crippen LogP contribution in [0.3, 0.4) is 0 Å². The Kier molecular flexibility index (Phi) is 3.74. The lowest BCUT2D eigenvalue weighted by Gasteiger charge is -2.25. The predicted molar refractivity (Wildman–Crippen MR) is 90.6 cm³/mol. The van der Waals surface area contributed by atoms with E-state index >= 15 is 0 Å². The highest BCUT2D eigenvalue weighted by Gasteiger charge is 2.11. The average Bonchev–Trinajstić information content (AvgIpc) is 2.52. The molecule has 0 amide bonds. The molecule has 3 rings (SSSR count). The van der Waals surface area contributed by atoms with Gasteiger partial charge >= 0.3 is 0 Å². The van der Waals surface area contributed by atoms with Crippen LogP contribution in [0.25, 0.3) is 0 Å². The molecule has 0 spiro atoms. The minimum Gasteiger partial charge on any atom is -0.311 e. The van der Waals surface area contributed by atoms with Crippen molar-refractivity contribution in [3.63, 3.8) is 0 Å². The molecule has 104 valence electrons. The molecule has 0 saturated carbocycles. The number of hydrogen-bond acceptors (Lipinski definition) is 1. The Morgan fingerprint density at radius 3 is 1.29 bits per heavy atom. The Labute approximate surface area is 126 Å². The highest BCUT2D eigenvalue weighted by molar-refractivity contribution is 5.76. The zero-order valence-corrected chi connectivity index (χ0v) is 12.5. The van der Waals surface area contributed by atoms with Gasteiger partial charge in [-0.1, -0.05) is 53.6 Å². The van der Waals surface area contributed by atoms with E-state index < -0.39 is 0 Å². The van der Waals surface area contributed by atoms with Crippen molar-refractivity contribution in [2.45, 2.75) is 13.8 Å². The van der Waals surface area contributed by atoms with Crippen molar-refractivity contribution in [1.82, 2.24) is 0 Å². The number of aryl methyl sites for hydroxylation is 2. The summed E-state index contributed by atoms with van der Waals surface area (Å²) < 4.78 is 0. The zero-order valence-electron chi connectivity index (χ0n) is 12.5. The van der Waals surface area contributed by atoms with Crippen LogP contribution in [-0.2, 0) is 0 Å². The quantitative estimate of drug-likeness (QED) is 0.585. The number of rotatable bonds is 3. The molecule has 0 saturated heterocycles. The lowest BCUT2D eigenvalue weighted by Crippen LogP contribution is -2.09. The van der Waals surface area contributed by atoms with Crippen molar-refractivity contribution in [2.24, 2.45) is 0 Å². The fourth-order valence-electron chi connectivity index (χ4n) is 2.41. The van der Waals surface area contributed by atoms with E-state index in [0.717, 1.165) is 0 Å². The van der Waals surface area contributed by atoms with E-state index in [-0.39, 0.29) is 0 Å². The second-order valence-electron chi connectivity index (χ2n) is 5.34. The number of anilines is 3. The molecule has 0 heterocycles. The van der Waals surface area contributed by atoms with Crippen LogP contribution < -0.4 is 4.90 Å². The number of hydrogen-bond donors (Lipinski definition) is 0. The Balaban J connectivity index is 2.11. The molecule has 1 nitrogen and oxygen atoms in total. The molecular formula is C20H19N. The van der Waals surface area contributed by atoms with Crippen molar-refractivity contribution in [3.8, 4) is 0 Å². The highest BCUT2D eigenvalue weighted by atomic mass is 15.1. The van der Waals surface area contributed by atoms with Gasteiger partial charge in [-0.15, -0.1) is 0 Å². The van der Waals surface area contributed by atoms with E-state index in [0.29, 0.717) is 0 Å². The van der Waals surface area contributed by atoms with Crippen molar-refractivity contribution in [1.29, 1.82) is 0 Å². The molecule has 0 aliphatic heterocycles. The summed E-state index contributed by atoms with van der Waals surface area (Å²) >= 11 is 0. The molecule has 0 aliphatic carbocycles. The van der Waals surface area contributed by atoms with Gasteiger partial charge in [0.1, 0.15) is 0 Å². The van der Waals surface area contributed by atoms with Gasteiger partial charge in [0.15, 0.2) is 0 Å². The first-order chi connectivity index (χ1) is 10.2. The first kappa shape index (κ1) is 13.4. The lowest BCUT2D eigenvalue weighted by molar-refractivity contribution is 1.27. The maximum atomic E-state index is 2.28. The zero-order chi connectivity index (χ0) is 14.7. The van der Waals surface area contributed by atoms with Crippen LogP contribution >= 0.6 is 0 Å². The smallest absolute Gasteiger partial charge is 0.0461 e. The SMILES string of the molecule is Cc1ccc(N(c2ccccc2)c2ccc(C)cc2)cc1. The summed E-state index contributed by atoms with van der Waals surface area (Å²) in [4.78, 5) is 2.28. The summed E-state index contributed by atoms with van der Waals surface area (Å²) in [5.74, 6) is 0. The maximum absolute atomic E-state index is 2.28. The maximum Gasteiger partial charge on any atom is 0.0461 e. The van der Waals surface area contributed by atoms with E-state index in [9.17, 15) is 0 Å². The molecule has 0 atom stereocenters. The molecule has 0 bridgehead atoms. The van der Waals surface area contributed by atoms with Crippen LogP contribution in [0.4, 0.5) is 17.1 Å². The molecule has 0 radical (unpaired) electrons. The van der Waals surface area contributed by atoms with Crippen LogP contribution in [0.5, 0.6) is 0 Å². The first-order valence-electron chi connectivity index (χ1n) is 7.22. The molecule has 3 aromatic rings. The molecule has 21 heavy (non-hydrogen) atoms. The molecular weight excluding hydrogens is 254 g/mol. The number of para-hydroxylation sites is 1. The lowest BCUT2D eigenvalue weighted by atomic mass is 10.1. The van der Waals surface area contributed by atoms with E-state index in [2.05, 4.69) is 91.5 Å². The molecule has 0 unspecified atom stereocenters. The molecule has 0 N–H and O–H groups in total. The van der Waals surface area contributed by atoms with Gasteiger partial charge in [-0.05, 0) is 50.2 Å². The van der Waals surface area contributed by atoms with E-state index in [4.69, 9.17) is 0 Å². The van der Waals surface area contributed by atoms with Gasteiger partial charge in [0.05, 0.1) is 0 Å². The summed E-state index contributed by atoms with van der Waals surface area (Å²) in [6.45, 7) is 4.23. The van der Waals surface area contributed by atoms with Crippen molar-refractivity contribution < 1.29 is 0 Å². The van der Waals surface area contributed by atoms with Gasteiger partial charge in [0.2, 0.25) is 0 Å².